The van der Waals surface area contributed by atoms with E-state index in [9.17, 15) is 14.4 Å². The second-order valence-corrected chi connectivity index (χ2v) is 7.70. The summed E-state index contributed by atoms with van der Waals surface area (Å²) in [6.07, 6.45) is 3.17. The van der Waals surface area contributed by atoms with Crippen LogP contribution in [0.5, 0.6) is 0 Å². The Morgan fingerprint density at radius 2 is 1.90 bits per heavy atom. The number of methoxy groups -OCH3 is 1. The number of likely N-dealkylation sites (tertiary alicyclic amines) is 1. The van der Waals surface area contributed by atoms with Gasteiger partial charge < -0.3 is 9.64 Å². The molecule has 0 radical (unpaired) electrons. The predicted molar refractivity (Wildman–Crippen MR) is 111 cm³/mol. The molecule has 0 unspecified atom stereocenters. The van der Waals surface area contributed by atoms with E-state index in [1.165, 1.54) is 4.90 Å². The molecule has 0 bridgehead atoms. The van der Waals surface area contributed by atoms with Crippen molar-refractivity contribution < 1.29 is 19.1 Å². The zero-order chi connectivity index (χ0) is 21.7. The Labute approximate surface area is 176 Å². The van der Waals surface area contributed by atoms with Crippen LogP contribution in [0.3, 0.4) is 0 Å². The topological polar surface area (TPSA) is 79.8 Å². The Kier molecular flexibility index (Phi) is 6.62. The lowest BCUT2D eigenvalue weighted by Gasteiger charge is -2.30. The molecule has 2 aromatic rings. The third-order valence-electron chi connectivity index (χ3n) is 5.67. The van der Waals surface area contributed by atoms with Gasteiger partial charge in [0.25, 0.3) is 0 Å². The maximum absolute atomic E-state index is 13.7. The number of nitrogens with zero attached hydrogens (tertiary/aromatic N) is 3. The lowest BCUT2D eigenvalue weighted by molar-refractivity contribution is -0.143. The predicted octanol–water partition coefficient (Wildman–Crippen LogP) is 2.08. The van der Waals surface area contributed by atoms with E-state index in [2.05, 4.69) is 4.98 Å². The highest BCUT2D eigenvalue weighted by molar-refractivity contribution is 6.10. The number of hydrogen-bond acceptors (Lipinski definition) is 5. The number of carbonyl (C=O) groups is 3. The molecule has 1 aromatic carbocycles. The number of ether oxygens (including phenoxy) is 1. The van der Waals surface area contributed by atoms with Crippen LogP contribution in [-0.2, 0) is 31.1 Å². The van der Waals surface area contributed by atoms with Gasteiger partial charge in [-0.1, -0.05) is 24.3 Å². The molecule has 3 rings (SSSR count). The lowest BCUT2D eigenvalue weighted by atomic mass is 9.74. The number of pyridine rings is 1. The number of aryl methyl sites for hydroxylation is 1. The summed E-state index contributed by atoms with van der Waals surface area (Å²) in [5.74, 6) is -0.790. The van der Waals surface area contributed by atoms with Gasteiger partial charge in [0.1, 0.15) is 0 Å². The molecule has 0 aliphatic carbocycles. The van der Waals surface area contributed by atoms with E-state index in [0.29, 0.717) is 13.2 Å². The number of aromatic nitrogens is 1. The third-order valence-corrected chi connectivity index (χ3v) is 5.67. The Hall–Kier alpha value is -3.06. The normalized spacial score (nSPS) is 18.7. The molecule has 1 aliphatic rings. The summed E-state index contributed by atoms with van der Waals surface area (Å²) in [5, 5.41) is 0. The van der Waals surface area contributed by atoms with E-state index in [1.807, 2.05) is 31.2 Å². The Balaban J connectivity index is 1.96. The molecule has 1 aromatic heterocycles. The van der Waals surface area contributed by atoms with Crippen LogP contribution in [0.4, 0.5) is 0 Å². The third kappa shape index (κ3) is 4.26. The van der Waals surface area contributed by atoms with E-state index in [1.54, 1.807) is 43.6 Å². The van der Waals surface area contributed by atoms with Crippen LogP contribution in [0, 0.1) is 6.92 Å². The maximum Gasteiger partial charge on any atom is 0.241 e. The minimum atomic E-state index is -1.20. The van der Waals surface area contributed by atoms with Crippen molar-refractivity contribution in [2.75, 3.05) is 27.3 Å². The number of amides is 3. The van der Waals surface area contributed by atoms with Crippen LogP contribution < -0.4 is 0 Å². The molecular formula is C23H27N3O4. The smallest absolute Gasteiger partial charge is 0.241 e. The monoisotopic (exact) mass is 409 g/mol. The molecule has 3 amide bonds. The number of carbonyl (C=O) groups excluding carboxylic acids is 3. The quantitative estimate of drug-likeness (QED) is 0.624. The van der Waals surface area contributed by atoms with Gasteiger partial charge in [-0.05, 0) is 35.7 Å². The van der Waals surface area contributed by atoms with E-state index in [-0.39, 0.29) is 37.1 Å². The highest BCUT2D eigenvalue weighted by Crippen LogP contribution is 2.42. The molecule has 1 fully saturated rings. The number of benzene rings is 1. The van der Waals surface area contributed by atoms with Crippen LogP contribution in [0.2, 0.25) is 0 Å². The largest absolute Gasteiger partial charge is 0.383 e. The maximum atomic E-state index is 13.7. The van der Waals surface area contributed by atoms with Crippen molar-refractivity contribution in [3.05, 3.63) is 65.5 Å². The van der Waals surface area contributed by atoms with Crippen molar-refractivity contribution in [1.82, 2.24) is 14.8 Å². The summed E-state index contributed by atoms with van der Waals surface area (Å²) in [5.41, 5.74) is 1.23. The van der Waals surface area contributed by atoms with E-state index in [4.69, 9.17) is 4.74 Å². The summed E-state index contributed by atoms with van der Waals surface area (Å²) in [7, 11) is 3.26. The number of imide groups is 1. The molecule has 1 saturated heterocycles. The number of likely N-dealkylation sites (N-methyl/N-ethyl adjacent to an activating group) is 1. The zero-order valence-corrected chi connectivity index (χ0v) is 17.6. The van der Waals surface area contributed by atoms with Gasteiger partial charge in [-0.25, -0.2) is 0 Å². The SMILES string of the molecule is COCCN(C)C(=O)C[C@]1(c2ccccc2C)CC(=O)N(Cc2ccncc2)C1=O. The summed E-state index contributed by atoms with van der Waals surface area (Å²) in [4.78, 5) is 46.4. The standard InChI is InChI=1S/C23H27N3O4/c1-17-6-4-5-7-19(17)23(14-20(27)25(2)12-13-30-3)15-21(28)26(22(23)29)16-18-8-10-24-11-9-18/h4-11H,12-16H2,1-3H3/t23-/m1/s1. The van der Waals surface area contributed by atoms with Crippen molar-refractivity contribution in [3.63, 3.8) is 0 Å². The van der Waals surface area contributed by atoms with Crippen molar-refractivity contribution in [2.45, 2.75) is 31.7 Å². The average molecular weight is 409 g/mol. The van der Waals surface area contributed by atoms with Gasteiger partial charge in [0.2, 0.25) is 17.7 Å². The molecule has 2 heterocycles. The molecule has 7 nitrogen and oxygen atoms in total. The Morgan fingerprint density at radius 1 is 1.20 bits per heavy atom. The molecule has 158 valence electrons. The van der Waals surface area contributed by atoms with Crippen LogP contribution in [-0.4, -0.2) is 59.8 Å². The van der Waals surface area contributed by atoms with Crippen molar-refractivity contribution in [2.24, 2.45) is 0 Å². The first kappa shape index (κ1) is 21.6. The molecule has 0 saturated carbocycles. The highest BCUT2D eigenvalue weighted by atomic mass is 16.5. The fraction of sp³-hybridized carbons (Fsp3) is 0.391. The van der Waals surface area contributed by atoms with E-state index < -0.39 is 5.41 Å². The van der Waals surface area contributed by atoms with Crippen LogP contribution >= 0.6 is 0 Å². The summed E-state index contributed by atoms with van der Waals surface area (Å²) in [6.45, 7) is 2.89. The van der Waals surface area contributed by atoms with Gasteiger partial charge in [-0.2, -0.15) is 0 Å². The number of hydrogen-bond donors (Lipinski definition) is 0. The van der Waals surface area contributed by atoms with Crippen molar-refractivity contribution in [1.29, 1.82) is 0 Å². The first-order chi connectivity index (χ1) is 14.4. The van der Waals surface area contributed by atoms with E-state index in [0.717, 1.165) is 16.7 Å². The fourth-order valence-corrected chi connectivity index (χ4v) is 3.93. The number of rotatable bonds is 8. The van der Waals surface area contributed by atoms with E-state index >= 15 is 0 Å². The highest BCUT2D eigenvalue weighted by Gasteiger charge is 2.54. The first-order valence-corrected chi connectivity index (χ1v) is 9.92. The lowest BCUT2D eigenvalue weighted by Crippen LogP contribution is -2.43. The first-order valence-electron chi connectivity index (χ1n) is 9.92. The minimum absolute atomic E-state index is 0.0222. The second-order valence-electron chi connectivity index (χ2n) is 7.70. The molecule has 1 atom stereocenters. The molecular weight excluding hydrogens is 382 g/mol. The van der Waals surface area contributed by atoms with Gasteiger partial charge >= 0.3 is 0 Å². The fourth-order valence-electron chi connectivity index (χ4n) is 3.93. The molecule has 0 spiro atoms. The molecule has 1 aliphatic heterocycles. The molecule has 30 heavy (non-hydrogen) atoms. The zero-order valence-electron chi connectivity index (χ0n) is 17.6. The average Bonchev–Trinajstić information content (AvgIpc) is 2.97. The molecule has 0 N–H and O–H groups in total. The Bertz CT molecular complexity index is 931. The van der Waals surface area contributed by atoms with Gasteiger partial charge in [-0.3, -0.25) is 24.3 Å². The van der Waals surface area contributed by atoms with Gasteiger partial charge in [0.05, 0.1) is 18.6 Å². The summed E-state index contributed by atoms with van der Waals surface area (Å²) >= 11 is 0. The Morgan fingerprint density at radius 3 is 2.57 bits per heavy atom. The van der Waals surface area contributed by atoms with Crippen LogP contribution in [0.25, 0.3) is 0 Å². The van der Waals surface area contributed by atoms with Crippen LogP contribution in [0.15, 0.2) is 48.8 Å². The van der Waals surface area contributed by atoms with Crippen LogP contribution in [0.1, 0.15) is 29.5 Å². The van der Waals surface area contributed by atoms with Crippen molar-refractivity contribution in [3.8, 4) is 0 Å². The van der Waals surface area contributed by atoms with Crippen molar-refractivity contribution >= 4 is 17.7 Å². The van der Waals surface area contributed by atoms with Gasteiger partial charge in [0, 0.05) is 45.9 Å². The second kappa shape index (κ2) is 9.17. The van der Waals surface area contributed by atoms with Gasteiger partial charge in [0.15, 0.2) is 0 Å². The summed E-state index contributed by atoms with van der Waals surface area (Å²) < 4.78 is 5.05. The summed E-state index contributed by atoms with van der Waals surface area (Å²) in [6, 6.07) is 11.0. The molecule has 7 heteroatoms. The van der Waals surface area contributed by atoms with Gasteiger partial charge in [-0.15, -0.1) is 0 Å². The minimum Gasteiger partial charge on any atom is -0.383 e.